The van der Waals surface area contributed by atoms with E-state index in [9.17, 15) is 0 Å². The molecule has 17 heavy (non-hydrogen) atoms. The number of aryl methyl sites for hydroxylation is 1. The van der Waals surface area contributed by atoms with Gasteiger partial charge >= 0.3 is 0 Å². The van der Waals surface area contributed by atoms with Crippen LogP contribution >= 0.6 is 11.8 Å². The third kappa shape index (κ3) is 3.04. The van der Waals surface area contributed by atoms with Crippen LogP contribution in [0.15, 0.2) is 23.1 Å². The smallest absolute Gasteiger partial charge is 0.0661 e. The lowest BCUT2D eigenvalue weighted by molar-refractivity contribution is 0.473. The van der Waals surface area contributed by atoms with Gasteiger partial charge in [-0.25, -0.2) is 0 Å². The molecule has 1 unspecified atom stereocenters. The second-order valence-electron chi connectivity index (χ2n) is 5.08. The Balaban J connectivity index is 2.14. The third-order valence-corrected chi connectivity index (χ3v) is 4.60. The molecule has 0 spiro atoms. The maximum absolute atomic E-state index is 9.14. The number of benzene rings is 1. The molecule has 0 aliphatic carbocycles. The molecule has 1 nitrogen and oxygen atoms in total. The summed E-state index contributed by atoms with van der Waals surface area (Å²) in [5.41, 5.74) is 2.81. The van der Waals surface area contributed by atoms with Crippen LogP contribution in [0, 0.1) is 23.2 Å². The summed E-state index contributed by atoms with van der Waals surface area (Å²) in [5, 5.41) is 9.14. The molecule has 90 valence electrons. The average molecular weight is 245 g/mol. The van der Waals surface area contributed by atoms with E-state index in [1.807, 2.05) is 11.8 Å². The molecule has 2 rings (SSSR count). The number of rotatable bonds is 3. The molecule has 0 saturated carbocycles. The van der Waals surface area contributed by atoms with Crippen LogP contribution in [0.1, 0.15) is 31.4 Å². The first-order valence-corrected chi connectivity index (χ1v) is 7.33. The minimum Gasteiger partial charge on any atom is -0.198 e. The number of nitriles is 1. The van der Waals surface area contributed by atoms with Crippen molar-refractivity contribution in [2.24, 2.45) is 11.8 Å². The van der Waals surface area contributed by atoms with E-state index in [-0.39, 0.29) is 5.92 Å². The molecule has 1 atom stereocenters. The summed E-state index contributed by atoms with van der Waals surface area (Å²) in [6.45, 7) is 4.25. The van der Waals surface area contributed by atoms with Crippen molar-refractivity contribution in [3.05, 3.63) is 29.3 Å². The van der Waals surface area contributed by atoms with Crippen LogP contribution < -0.4 is 0 Å². The van der Waals surface area contributed by atoms with Crippen LogP contribution in [-0.2, 0) is 12.8 Å². The summed E-state index contributed by atoms with van der Waals surface area (Å²) >= 11 is 1.96. The predicted octanol–water partition coefficient (Wildman–Crippen LogP) is 4.06. The Bertz CT molecular complexity index is 431. The Kier molecular flexibility index (Phi) is 4.12. The summed E-state index contributed by atoms with van der Waals surface area (Å²) in [4.78, 5) is 1.44. The minimum atomic E-state index is 0.143. The predicted molar refractivity (Wildman–Crippen MR) is 73.1 cm³/mol. The second kappa shape index (κ2) is 5.60. The van der Waals surface area contributed by atoms with Gasteiger partial charge in [0.15, 0.2) is 0 Å². The van der Waals surface area contributed by atoms with E-state index >= 15 is 0 Å². The highest BCUT2D eigenvalue weighted by atomic mass is 32.2. The Labute approximate surface area is 108 Å². The molecule has 0 aromatic heterocycles. The summed E-state index contributed by atoms with van der Waals surface area (Å²) < 4.78 is 0. The molecule has 0 N–H and O–H groups in total. The van der Waals surface area contributed by atoms with Gasteiger partial charge in [0.05, 0.1) is 12.0 Å². The summed E-state index contributed by atoms with van der Waals surface area (Å²) in [6, 6.07) is 9.18. The molecule has 1 aliphatic heterocycles. The Morgan fingerprint density at radius 3 is 2.94 bits per heavy atom. The van der Waals surface area contributed by atoms with Crippen molar-refractivity contribution in [1.29, 1.82) is 5.26 Å². The van der Waals surface area contributed by atoms with E-state index in [0.717, 1.165) is 6.42 Å². The fourth-order valence-corrected chi connectivity index (χ4v) is 3.24. The number of hydrogen-bond donors (Lipinski definition) is 0. The third-order valence-electron chi connectivity index (χ3n) is 3.40. The molecule has 1 aliphatic rings. The van der Waals surface area contributed by atoms with Crippen molar-refractivity contribution in [2.75, 3.05) is 5.75 Å². The largest absolute Gasteiger partial charge is 0.198 e. The van der Waals surface area contributed by atoms with Crippen LogP contribution in [0.3, 0.4) is 0 Å². The summed E-state index contributed by atoms with van der Waals surface area (Å²) in [5.74, 6) is 1.83. The molecular formula is C15H19NS. The van der Waals surface area contributed by atoms with Crippen LogP contribution in [0.25, 0.3) is 0 Å². The Morgan fingerprint density at radius 2 is 2.24 bits per heavy atom. The van der Waals surface area contributed by atoms with E-state index in [1.165, 1.54) is 34.6 Å². The minimum absolute atomic E-state index is 0.143. The van der Waals surface area contributed by atoms with Crippen molar-refractivity contribution in [3.63, 3.8) is 0 Å². The van der Waals surface area contributed by atoms with Crippen LogP contribution in [0.5, 0.6) is 0 Å². The zero-order valence-electron chi connectivity index (χ0n) is 10.6. The zero-order chi connectivity index (χ0) is 12.3. The van der Waals surface area contributed by atoms with Gasteiger partial charge in [-0.1, -0.05) is 26.0 Å². The van der Waals surface area contributed by atoms with Crippen LogP contribution in [0.4, 0.5) is 0 Å². The van der Waals surface area contributed by atoms with Crippen molar-refractivity contribution in [3.8, 4) is 6.07 Å². The maximum Gasteiger partial charge on any atom is 0.0661 e. The molecule has 0 radical (unpaired) electrons. The van der Waals surface area contributed by atoms with Gasteiger partial charge in [-0.15, -0.1) is 11.8 Å². The van der Waals surface area contributed by atoms with Crippen LogP contribution in [0.2, 0.25) is 0 Å². The van der Waals surface area contributed by atoms with Crippen molar-refractivity contribution in [1.82, 2.24) is 0 Å². The lowest BCUT2D eigenvalue weighted by Crippen LogP contribution is -2.10. The van der Waals surface area contributed by atoms with Gasteiger partial charge in [-0.05, 0) is 48.1 Å². The van der Waals surface area contributed by atoms with Gasteiger partial charge in [0.25, 0.3) is 0 Å². The van der Waals surface area contributed by atoms with Crippen LogP contribution in [-0.4, -0.2) is 5.75 Å². The Morgan fingerprint density at radius 1 is 1.41 bits per heavy atom. The SMILES string of the molecule is CC(C)C(C#N)Cc1ccc2c(c1)CCCS2. The van der Waals surface area contributed by atoms with Gasteiger partial charge in [-0.2, -0.15) is 5.26 Å². The second-order valence-corrected chi connectivity index (χ2v) is 6.21. The molecule has 1 heterocycles. The molecular weight excluding hydrogens is 226 g/mol. The molecule has 1 aromatic rings. The monoisotopic (exact) mass is 245 g/mol. The summed E-state index contributed by atoms with van der Waals surface area (Å²) in [6.07, 6.45) is 3.38. The Hall–Kier alpha value is -0.940. The molecule has 1 aromatic carbocycles. The van der Waals surface area contributed by atoms with Gasteiger partial charge < -0.3 is 0 Å². The van der Waals surface area contributed by atoms with E-state index in [1.54, 1.807) is 0 Å². The van der Waals surface area contributed by atoms with Gasteiger partial charge in [-0.3, -0.25) is 0 Å². The lowest BCUT2D eigenvalue weighted by Gasteiger charge is -2.18. The molecule has 0 saturated heterocycles. The van der Waals surface area contributed by atoms with Gasteiger partial charge in [0.1, 0.15) is 0 Å². The van der Waals surface area contributed by atoms with E-state index in [0.29, 0.717) is 5.92 Å². The number of thioether (sulfide) groups is 1. The normalized spacial score (nSPS) is 16.4. The molecule has 0 fully saturated rings. The summed E-state index contributed by atoms with van der Waals surface area (Å²) in [7, 11) is 0. The first kappa shape index (κ1) is 12.5. The van der Waals surface area contributed by atoms with Crippen molar-refractivity contribution < 1.29 is 0 Å². The van der Waals surface area contributed by atoms with E-state index in [4.69, 9.17) is 5.26 Å². The molecule has 0 amide bonds. The fraction of sp³-hybridized carbons (Fsp3) is 0.533. The standard InChI is InChI=1S/C15H19NS/c1-11(2)14(10-16)9-12-5-6-15-13(8-12)4-3-7-17-15/h5-6,8,11,14H,3-4,7,9H2,1-2H3. The van der Waals surface area contributed by atoms with Gasteiger partial charge in [0, 0.05) is 4.90 Å². The molecule has 2 heteroatoms. The number of hydrogen-bond acceptors (Lipinski definition) is 2. The highest BCUT2D eigenvalue weighted by Gasteiger charge is 2.15. The maximum atomic E-state index is 9.14. The van der Waals surface area contributed by atoms with Crippen molar-refractivity contribution in [2.45, 2.75) is 38.0 Å². The zero-order valence-corrected chi connectivity index (χ0v) is 11.4. The average Bonchev–Trinajstić information content (AvgIpc) is 2.35. The number of fused-ring (bicyclic) bond motifs is 1. The fourth-order valence-electron chi connectivity index (χ4n) is 2.23. The lowest BCUT2D eigenvalue weighted by atomic mass is 9.90. The van der Waals surface area contributed by atoms with E-state index in [2.05, 4.69) is 38.1 Å². The van der Waals surface area contributed by atoms with E-state index < -0.39 is 0 Å². The number of nitrogens with zero attached hydrogens (tertiary/aromatic N) is 1. The first-order chi connectivity index (χ1) is 8.20. The van der Waals surface area contributed by atoms with Crippen molar-refractivity contribution >= 4 is 11.8 Å². The highest BCUT2D eigenvalue weighted by Crippen LogP contribution is 2.31. The topological polar surface area (TPSA) is 23.8 Å². The first-order valence-electron chi connectivity index (χ1n) is 6.35. The quantitative estimate of drug-likeness (QED) is 0.801. The highest BCUT2D eigenvalue weighted by molar-refractivity contribution is 7.99. The van der Waals surface area contributed by atoms with Gasteiger partial charge in [0.2, 0.25) is 0 Å². The molecule has 0 bridgehead atoms.